The van der Waals surface area contributed by atoms with E-state index in [4.69, 9.17) is 16.7 Å². The highest BCUT2D eigenvalue weighted by Gasteiger charge is 2.20. The maximum Gasteiger partial charge on any atom is 0.328 e. The first kappa shape index (κ1) is 14.9. The summed E-state index contributed by atoms with van der Waals surface area (Å²) in [5.74, 6) is -0.161. The van der Waals surface area contributed by atoms with Gasteiger partial charge in [-0.1, -0.05) is 24.1 Å². The average Bonchev–Trinajstić information content (AvgIpc) is 2.36. The summed E-state index contributed by atoms with van der Waals surface area (Å²) in [4.78, 5) is 12.9. The maximum atomic E-state index is 10.5. The van der Waals surface area contributed by atoms with Crippen LogP contribution >= 0.6 is 11.6 Å². The molecule has 108 valence electrons. The Hall–Kier alpha value is -1.48. The van der Waals surface area contributed by atoms with Crippen LogP contribution in [0.15, 0.2) is 24.3 Å². The SMILES string of the molecule is CCN(CC1CCC1)c1ccc(/C=C/C(=O)O)c(Cl)c1. The van der Waals surface area contributed by atoms with Gasteiger partial charge in [0.05, 0.1) is 0 Å². The van der Waals surface area contributed by atoms with Crippen molar-refractivity contribution in [3.8, 4) is 0 Å². The number of rotatable bonds is 6. The molecule has 4 heteroatoms. The van der Waals surface area contributed by atoms with E-state index in [1.807, 2.05) is 18.2 Å². The average molecular weight is 294 g/mol. The van der Waals surface area contributed by atoms with Crippen LogP contribution in [0.25, 0.3) is 6.08 Å². The van der Waals surface area contributed by atoms with Crippen molar-refractivity contribution in [1.29, 1.82) is 0 Å². The highest BCUT2D eigenvalue weighted by atomic mass is 35.5. The summed E-state index contributed by atoms with van der Waals surface area (Å²) in [6.07, 6.45) is 6.62. The summed E-state index contributed by atoms with van der Waals surface area (Å²) in [6, 6.07) is 5.81. The highest BCUT2D eigenvalue weighted by Crippen LogP contribution is 2.30. The summed E-state index contributed by atoms with van der Waals surface area (Å²) >= 11 is 6.23. The molecule has 1 aromatic carbocycles. The quantitative estimate of drug-likeness (QED) is 0.804. The van der Waals surface area contributed by atoms with Gasteiger partial charge in [0.2, 0.25) is 0 Å². The molecule has 1 N–H and O–H groups in total. The molecule has 1 aromatic rings. The first-order valence-electron chi connectivity index (χ1n) is 7.05. The molecular weight excluding hydrogens is 274 g/mol. The van der Waals surface area contributed by atoms with Gasteiger partial charge >= 0.3 is 5.97 Å². The van der Waals surface area contributed by atoms with Crippen molar-refractivity contribution in [2.24, 2.45) is 5.92 Å². The number of carbonyl (C=O) groups is 1. The van der Waals surface area contributed by atoms with E-state index in [1.165, 1.54) is 25.3 Å². The lowest BCUT2D eigenvalue weighted by atomic mass is 9.85. The minimum atomic E-state index is -0.967. The van der Waals surface area contributed by atoms with Crippen molar-refractivity contribution in [3.63, 3.8) is 0 Å². The van der Waals surface area contributed by atoms with Crippen LogP contribution in [0.5, 0.6) is 0 Å². The van der Waals surface area contributed by atoms with Crippen LogP contribution < -0.4 is 4.90 Å². The van der Waals surface area contributed by atoms with Crippen LogP contribution in [0.1, 0.15) is 31.7 Å². The van der Waals surface area contributed by atoms with Gasteiger partial charge in [-0.05, 0) is 49.5 Å². The van der Waals surface area contributed by atoms with Crippen molar-refractivity contribution in [2.45, 2.75) is 26.2 Å². The first-order valence-corrected chi connectivity index (χ1v) is 7.43. The van der Waals surface area contributed by atoms with Crippen LogP contribution in [0.3, 0.4) is 0 Å². The Balaban J connectivity index is 2.11. The van der Waals surface area contributed by atoms with Crippen molar-refractivity contribution in [3.05, 3.63) is 34.9 Å². The van der Waals surface area contributed by atoms with Gasteiger partial charge in [0.1, 0.15) is 0 Å². The summed E-state index contributed by atoms with van der Waals surface area (Å²) in [6.45, 7) is 4.18. The van der Waals surface area contributed by atoms with E-state index in [9.17, 15) is 4.79 Å². The second kappa shape index (κ2) is 6.80. The molecule has 2 rings (SSSR count). The van der Waals surface area contributed by atoms with E-state index in [0.29, 0.717) is 5.02 Å². The van der Waals surface area contributed by atoms with Crippen LogP contribution in [-0.4, -0.2) is 24.2 Å². The van der Waals surface area contributed by atoms with Crippen molar-refractivity contribution < 1.29 is 9.90 Å². The number of nitrogens with zero attached hydrogens (tertiary/aromatic N) is 1. The minimum Gasteiger partial charge on any atom is -0.478 e. The zero-order valence-electron chi connectivity index (χ0n) is 11.7. The van der Waals surface area contributed by atoms with Gasteiger partial charge in [0, 0.05) is 29.9 Å². The predicted octanol–water partition coefficient (Wildman–Crippen LogP) is 4.06. The summed E-state index contributed by atoms with van der Waals surface area (Å²) in [5, 5.41) is 9.23. The lowest BCUT2D eigenvalue weighted by Gasteiger charge is -2.33. The fraction of sp³-hybridized carbons (Fsp3) is 0.438. The Morgan fingerprint density at radius 2 is 2.25 bits per heavy atom. The smallest absolute Gasteiger partial charge is 0.328 e. The summed E-state index contributed by atoms with van der Waals surface area (Å²) in [5.41, 5.74) is 1.84. The van der Waals surface area contributed by atoms with Crippen LogP contribution in [0, 0.1) is 5.92 Å². The number of hydrogen-bond donors (Lipinski definition) is 1. The van der Waals surface area contributed by atoms with E-state index in [0.717, 1.165) is 36.3 Å². The van der Waals surface area contributed by atoms with E-state index in [1.54, 1.807) is 0 Å². The van der Waals surface area contributed by atoms with Crippen molar-refractivity contribution in [1.82, 2.24) is 0 Å². The molecule has 3 nitrogen and oxygen atoms in total. The largest absolute Gasteiger partial charge is 0.478 e. The number of carboxylic acids is 1. The Morgan fingerprint density at radius 3 is 2.75 bits per heavy atom. The van der Waals surface area contributed by atoms with Gasteiger partial charge < -0.3 is 10.0 Å². The summed E-state index contributed by atoms with van der Waals surface area (Å²) < 4.78 is 0. The highest BCUT2D eigenvalue weighted by molar-refractivity contribution is 6.32. The van der Waals surface area contributed by atoms with Gasteiger partial charge in [0.15, 0.2) is 0 Å². The molecule has 0 aromatic heterocycles. The number of hydrogen-bond acceptors (Lipinski definition) is 2. The Morgan fingerprint density at radius 1 is 1.50 bits per heavy atom. The molecule has 0 radical (unpaired) electrons. The first-order chi connectivity index (χ1) is 9.60. The normalized spacial score (nSPS) is 15.3. The number of aliphatic carboxylic acids is 1. The minimum absolute atomic E-state index is 0.590. The Labute approximate surface area is 124 Å². The van der Waals surface area contributed by atoms with E-state index >= 15 is 0 Å². The predicted molar refractivity (Wildman–Crippen MR) is 83.3 cm³/mol. The molecule has 0 amide bonds. The Bertz CT molecular complexity index is 509. The molecule has 0 heterocycles. The number of carboxylic acid groups (broad SMARTS) is 1. The molecule has 1 aliphatic carbocycles. The zero-order valence-corrected chi connectivity index (χ0v) is 12.4. The molecule has 0 unspecified atom stereocenters. The molecular formula is C16H20ClNO2. The van der Waals surface area contributed by atoms with E-state index < -0.39 is 5.97 Å². The molecule has 0 atom stereocenters. The van der Waals surface area contributed by atoms with Gasteiger partial charge in [-0.2, -0.15) is 0 Å². The van der Waals surface area contributed by atoms with Crippen LogP contribution in [0.4, 0.5) is 5.69 Å². The van der Waals surface area contributed by atoms with Gasteiger partial charge in [0.25, 0.3) is 0 Å². The fourth-order valence-electron chi connectivity index (χ4n) is 2.41. The van der Waals surface area contributed by atoms with Gasteiger partial charge in [-0.3, -0.25) is 0 Å². The third-order valence-corrected chi connectivity index (χ3v) is 4.17. The molecule has 0 bridgehead atoms. The lowest BCUT2D eigenvalue weighted by Crippen LogP contribution is -2.32. The number of benzene rings is 1. The molecule has 0 aliphatic heterocycles. The van der Waals surface area contributed by atoms with Crippen molar-refractivity contribution in [2.75, 3.05) is 18.0 Å². The second-order valence-corrected chi connectivity index (χ2v) is 5.62. The molecule has 0 saturated heterocycles. The fourth-order valence-corrected chi connectivity index (χ4v) is 2.65. The second-order valence-electron chi connectivity index (χ2n) is 5.21. The zero-order chi connectivity index (χ0) is 14.5. The standard InChI is InChI=1S/C16H20ClNO2/c1-2-18(11-12-4-3-5-12)14-8-6-13(15(17)10-14)7-9-16(19)20/h6-10,12H,2-5,11H2,1H3,(H,19,20)/b9-7+. The Kier molecular flexibility index (Phi) is 5.07. The van der Waals surface area contributed by atoms with Crippen molar-refractivity contribution >= 4 is 29.3 Å². The molecule has 0 spiro atoms. The summed E-state index contributed by atoms with van der Waals surface area (Å²) in [7, 11) is 0. The van der Waals surface area contributed by atoms with E-state index in [2.05, 4.69) is 11.8 Å². The lowest BCUT2D eigenvalue weighted by molar-refractivity contribution is -0.131. The molecule has 1 fully saturated rings. The monoisotopic (exact) mass is 293 g/mol. The number of anilines is 1. The van der Waals surface area contributed by atoms with Gasteiger partial charge in [-0.15, -0.1) is 0 Å². The molecule has 1 saturated carbocycles. The number of halogens is 1. The molecule has 20 heavy (non-hydrogen) atoms. The van der Waals surface area contributed by atoms with Crippen LogP contribution in [-0.2, 0) is 4.79 Å². The maximum absolute atomic E-state index is 10.5. The van der Waals surface area contributed by atoms with Crippen LogP contribution in [0.2, 0.25) is 5.02 Å². The molecule has 1 aliphatic rings. The van der Waals surface area contributed by atoms with Gasteiger partial charge in [-0.25, -0.2) is 4.79 Å². The third kappa shape index (κ3) is 3.76. The topological polar surface area (TPSA) is 40.5 Å². The third-order valence-electron chi connectivity index (χ3n) is 3.84. The van der Waals surface area contributed by atoms with E-state index in [-0.39, 0.29) is 0 Å².